The quantitative estimate of drug-likeness (QED) is 0.125. The molecule has 0 saturated heterocycles. The molecule has 3 nitrogen and oxygen atoms in total. The smallest absolute Gasteiger partial charge is 0.306 e. The zero-order valence-corrected chi connectivity index (χ0v) is 21.8. The molecular weight excluding hydrogens is 444 g/mol. The normalized spacial score (nSPS) is 14.2. The molecule has 1 aliphatic heterocycles. The lowest BCUT2D eigenvalue weighted by atomic mass is 10.1. The van der Waals surface area contributed by atoms with E-state index in [1.54, 1.807) is 0 Å². The van der Waals surface area contributed by atoms with Crippen LogP contribution in [0.2, 0.25) is 0 Å². The van der Waals surface area contributed by atoms with Gasteiger partial charge < -0.3 is 9.47 Å². The molecule has 0 N–H and O–H groups in total. The van der Waals surface area contributed by atoms with Gasteiger partial charge in [0.2, 0.25) is 0 Å². The minimum Gasteiger partial charge on any atom is -0.488 e. The lowest BCUT2D eigenvalue weighted by Gasteiger charge is -2.09. The molecule has 2 rings (SSSR count). The SMILES string of the molecule is CCCCCCCC/C=C\CCCCCCCC(=O)OCc1ccc2c(c1)C=C/C(=C\Cl)CO2. The van der Waals surface area contributed by atoms with Gasteiger partial charge >= 0.3 is 5.97 Å². The van der Waals surface area contributed by atoms with Crippen LogP contribution in [0.15, 0.2) is 47.5 Å². The van der Waals surface area contributed by atoms with Crippen LogP contribution in [0.25, 0.3) is 6.08 Å². The highest BCUT2D eigenvalue weighted by Crippen LogP contribution is 2.26. The number of hydrogen-bond acceptors (Lipinski definition) is 3. The lowest BCUT2D eigenvalue weighted by Crippen LogP contribution is -2.05. The Labute approximate surface area is 212 Å². The molecule has 0 fully saturated rings. The summed E-state index contributed by atoms with van der Waals surface area (Å²) in [6, 6.07) is 5.86. The van der Waals surface area contributed by atoms with Gasteiger partial charge in [0.15, 0.2) is 0 Å². The Morgan fingerprint density at radius 3 is 2.32 bits per heavy atom. The van der Waals surface area contributed by atoms with Gasteiger partial charge in [-0.15, -0.1) is 0 Å². The third-order valence-corrected chi connectivity index (χ3v) is 6.41. The Balaban J connectivity index is 1.47. The fourth-order valence-corrected chi connectivity index (χ4v) is 4.14. The Morgan fingerprint density at radius 2 is 1.62 bits per heavy atom. The molecule has 0 spiro atoms. The summed E-state index contributed by atoms with van der Waals surface area (Å²) in [5.41, 5.74) is 4.38. The molecule has 0 radical (unpaired) electrons. The van der Waals surface area contributed by atoms with Crippen LogP contribution >= 0.6 is 11.6 Å². The summed E-state index contributed by atoms with van der Waals surface area (Å²) in [6.07, 6.45) is 25.4. The van der Waals surface area contributed by atoms with Crippen LogP contribution in [-0.2, 0) is 16.1 Å². The predicted octanol–water partition coefficient (Wildman–Crippen LogP) is 9.30. The summed E-state index contributed by atoms with van der Waals surface area (Å²) in [6.45, 7) is 3.02. The molecule has 0 aliphatic carbocycles. The number of unbranched alkanes of at least 4 members (excludes halogenated alkanes) is 11. The van der Waals surface area contributed by atoms with Crippen LogP contribution in [0, 0.1) is 0 Å². The number of halogens is 1. The Bertz CT molecular complexity index is 794. The number of ether oxygens (including phenoxy) is 2. The zero-order chi connectivity index (χ0) is 24.3. The molecule has 0 amide bonds. The third kappa shape index (κ3) is 12.5. The maximum absolute atomic E-state index is 12.1. The second-order valence-electron chi connectivity index (χ2n) is 9.17. The molecule has 34 heavy (non-hydrogen) atoms. The van der Waals surface area contributed by atoms with E-state index in [1.807, 2.05) is 30.4 Å². The third-order valence-electron chi connectivity index (χ3n) is 6.13. The summed E-state index contributed by atoms with van der Waals surface area (Å²) >= 11 is 5.78. The van der Waals surface area contributed by atoms with Crippen LogP contribution in [0.1, 0.15) is 108 Å². The van der Waals surface area contributed by atoms with Gasteiger partial charge in [0, 0.05) is 23.1 Å². The van der Waals surface area contributed by atoms with Crippen molar-refractivity contribution in [1.82, 2.24) is 0 Å². The molecule has 188 valence electrons. The van der Waals surface area contributed by atoms with E-state index in [-0.39, 0.29) is 5.97 Å². The number of fused-ring (bicyclic) bond motifs is 1. The molecule has 0 saturated carbocycles. The van der Waals surface area contributed by atoms with E-state index in [1.165, 1.54) is 76.2 Å². The van der Waals surface area contributed by atoms with Crippen molar-refractivity contribution in [2.45, 2.75) is 103 Å². The van der Waals surface area contributed by atoms with Crippen molar-refractivity contribution in [3.05, 3.63) is 58.7 Å². The average Bonchev–Trinajstić information content (AvgIpc) is 3.07. The van der Waals surface area contributed by atoms with Crippen LogP contribution in [0.3, 0.4) is 0 Å². The van der Waals surface area contributed by atoms with Gasteiger partial charge in [0.05, 0.1) is 0 Å². The molecule has 0 bridgehead atoms. The van der Waals surface area contributed by atoms with Gasteiger partial charge in [-0.2, -0.15) is 0 Å². The van der Waals surface area contributed by atoms with Gasteiger partial charge in [0.25, 0.3) is 0 Å². The molecule has 4 heteroatoms. The Morgan fingerprint density at radius 1 is 0.941 bits per heavy atom. The molecule has 1 heterocycles. The van der Waals surface area contributed by atoms with Gasteiger partial charge in [-0.1, -0.05) is 100 Å². The molecule has 0 unspecified atom stereocenters. The van der Waals surface area contributed by atoms with E-state index in [0.717, 1.165) is 35.3 Å². The number of hydrogen-bond donors (Lipinski definition) is 0. The van der Waals surface area contributed by atoms with Crippen molar-refractivity contribution in [3.8, 4) is 5.75 Å². The number of allylic oxidation sites excluding steroid dienone is 2. The minimum atomic E-state index is -0.119. The van der Waals surface area contributed by atoms with E-state index in [0.29, 0.717) is 19.6 Å². The largest absolute Gasteiger partial charge is 0.488 e. The maximum atomic E-state index is 12.1. The number of carbonyl (C=O) groups excluding carboxylic acids is 1. The fourth-order valence-electron chi connectivity index (χ4n) is 4.00. The maximum Gasteiger partial charge on any atom is 0.306 e. The first-order valence-corrected chi connectivity index (χ1v) is 13.7. The summed E-state index contributed by atoms with van der Waals surface area (Å²) in [7, 11) is 0. The number of benzene rings is 1. The minimum absolute atomic E-state index is 0.119. The van der Waals surface area contributed by atoms with Crippen molar-refractivity contribution in [2.24, 2.45) is 0 Å². The van der Waals surface area contributed by atoms with Crippen LogP contribution in [0.4, 0.5) is 0 Å². The first kappa shape index (κ1) is 28.2. The van der Waals surface area contributed by atoms with Crippen molar-refractivity contribution in [1.29, 1.82) is 0 Å². The zero-order valence-electron chi connectivity index (χ0n) is 21.0. The van der Waals surface area contributed by atoms with Crippen molar-refractivity contribution in [3.63, 3.8) is 0 Å². The first-order chi connectivity index (χ1) is 16.7. The monoisotopic (exact) mass is 486 g/mol. The van der Waals surface area contributed by atoms with E-state index in [9.17, 15) is 4.79 Å². The Kier molecular flexibility index (Phi) is 15.2. The molecule has 1 aromatic carbocycles. The highest BCUT2D eigenvalue weighted by Gasteiger charge is 2.09. The van der Waals surface area contributed by atoms with Crippen LogP contribution in [-0.4, -0.2) is 12.6 Å². The second-order valence-corrected chi connectivity index (χ2v) is 9.39. The van der Waals surface area contributed by atoms with Crippen molar-refractivity contribution >= 4 is 23.6 Å². The molecule has 0 atom stereocenters. The van der Waals surface area contributed by atoms with Crippen LogP contribution < -0.4 is 4.74 Å². The Hall–Kier alpha value is -2.00. The van der Waals surface area contributed by atoms with E-state index in [2.05, 4.69) is 19.1 Å². The second kappa shape index (κ2) is 18.3. The number of rotatable bonds is 17. The van der Waals surface area contributed by atoms with Gasteiger partial charge in [-0.05, 0) is 49.8 Å². The van der Waals surface area contributed by atoms with Gasteiger partial charge in [0.1, 0.15) is 19.0 Å². The van der Waals surface area contributed by atoms with Gasteiger partial charge in [-0.3, -0.25) is 4.79 Å². The van der Waals surface area contributed by atoms with Crippen molar-refractivity contribution < 1.29 is 14.3 Å². The summed E-state index contributed by atoms with van der Waals surface area (Å²) in [5, 5.41) is 0. The highest BCUT2D eigenvalue weighted by molar-refractivity contribution is 6.25. The topological polar surface area (TPSA) is 35.5 Å². The number of esters is 1. The van der Waals surface area contributed by atoms with Crippen LogP contribution in [0.5, 0.6) is 5.75 Å². The molecule has 0 aromatic heterocycles. The summed E-state index contributed by atoms with van der Waals surface area (Å²) in [5.74, 6) is 0.694. The molecular formula is C30H43ClO3. The predicted molar refractivity (Wildman–Crippen MR) is 144 cm³/mol. The number of carbonyl (C=O) groups is 1. The highest BCUT2D eigenvalue weighted by atomic mass is 35.5. The average molecular weight is 487 g/mol. The summed E-state index contributed by atoms with van der Waals surface area (Å²) in [4.78, 5) is 12.1. The standard InChI is InChI=1S/C30H43ClO3/c1-2-3-4-5-6-7-8-9-10-11-12-13-14-15-16-17-30(32)34-24-26-19-21-29-28(22-26)20-18-27(23-31)25-33-29/h9-10,18-23H,2-8,11-17,24-25H2,1H3/b10-9-,27-23+. The van der Waals surface area contributed by atoms with E-state index < -0.39 is 0 Å². The first-order valence-electron chi connectivity index (χ1n) is 13.3. The van der Waals surface area contributed by atoms with Gasteiger partial charge in [-0.25, -0.2) is 0 Å². The van der Waals surface area contributed by atoms with E-state index in [4.69, 9.17) is 21.1 Å². The van der Waals surface area contributed by atoms with Crippen molar-refractivity contribution in [2.75, 3.05) is 6.61 Å². The molecule has 1 aromatic rings. The summed E-state index contributed by atoms with van der Waals surface area (Å²) < 4.78 is 11.2. The molecule has 1 aliphatic rings. The van der Waals surface area contributed by atoms with E-state index >= 15 is 0 Å². The fraction of sp³-hybridized carbons (Fsp3) is 0.567. The lowest BCUT2D eigenvalue weighted by molar-refractivity contribution is -0.145.